The van der Waals surface area contributed by atoms with Gasteiger partial charge < -0.3 is 5.32 Å². The Balaban J connectivity index is 0.000000911. The molecule has 5 rings (SSSR count). The van der Waals surface area contributed by atoms with E-state index in [-0.39, 0.29) is 24.8 Å². The number of hydrogen-bond acceptors (Lipinski definition) is 3. The van der Waals surface area contributed by atoms with E-state index in [4.69, 9.17) is 0 Å². The van der Waals surface area contributed by atoms with Crippen LogP contribution in [0.1, 0.15) is 24.0 Å². The number of hydrogen-bond donors (Lipinski definition) is 1. The van der Waals surface area contributed by atoms with Crippen LogP contribution in [0.4, 0.5) is 0 Å². The highest BCUT2D eigenvalue weighted by Gasteiger charge is 2.54. The average Bonchev–Trinajstić information content (AvgIpc) is 3.30. The summed E-state index contributed by atoms with van der Waals surface area (Å²) in [7, 11) is 0. The maximum atomic E-state index is 4.45. The van der Waals surface area contributed by atoms with Gasteiger partial charge in [0.15, 0.2) is 0 Å². The molecule has 136 valence electrons. The van der Waals surface area contributed by atoms with Crippen LogP contribution in [0.25, 0.3) is 5.69 Å². The maximum absolute atomic E-state index is 4.45. The zero-order valence-corrected chi connectivity index (χ0v) is 16.1. The van der Waals surface area contributed by atoms with Crippen molar-refractivity contribution in [3.8, 4) is 5.69 Å². The van der Waals surface area contributed by atoms with Gasteiger partial charge in [0, 0.05) is 31.0 Å². The molecule has 4 nitrogen and oxygen atoms in total. The van der Waals surface area contributed by atoms with Gasteiger partial charge in [-0.25, -0.2) is 4.68 Å². The lowest BCUT2D eigenvalue weighted by molar-refractivity contribution is 0.218. The highest BCUT2D eigenvalue weighted by atomic mass is 35.5. The fraction of sp³-hybridized carbons (Fsp3) is 0.526. The van der Waals surface area contributed by atoms with Crippen LogP contribution in [0.2, 0.25) is 0 Å². The molecule has 0 radical (unpaired) electrons. The zero-order valence-electron chi connectivity index (χ0n) is 14.5. The largest absolute Gasteiger partial charge is 0.316 e. The van der Waals surface area contributed by atoms with Crippen LogP contribution in [-0.2, 0) is 6.54 Å². The third-order valence-electron chi connectivity index (χ3n) is 6.25. The van der Waals surface area contributed by atoms with E-state index in [1.54, 1.807) is 0 Å². The van der Waals surface area contributed by atoms with E-state index in [2.05, 4.69) is 40.4 Å². The van der Waals surface area contributed by atoms with E-state index in [1.165, 1.54) is 42.7 Å². The van der Waals surface area contributed by atoms with E-state index in [0.717, 1.165) is 30.5 Å². The molecule has 0 amide bonds. The normalized spacial score (nSPS) is 30.0. The minimum Gasteiger partial charge on any atom is -0.316 e. The third kappa shape index (κ3) is 2.99. The molecule has 4 heterocycles. The van der Waals surface area contributed by atoms with Crippen molar-refractivity contribution < 1.29 is 0 Å². The Labute approximate surface area is 161 Å². The monoisotopic (exact) mass is 380 g/mol. The van der Waals surface area contributed by atoms with Crippen molar-refractivity contribution in [2.75, 3.05) is 13.1 Å². The standard InChI is InChI=1S/C19H24N4.2ClH/c1-13-3-4-17(23-8-2-7-21-23)14(9-13)12-22-18-5-6-19(22)16-11-20-10-15(16)18;;/h2-4,7-9,15-16,18-20H,5-6,10-12H2,1H3;2*1H/t15-,16+,18-,19+;;. The SMILES string of the molecule is Cc1ccc(-n2cccn2)c(CN2[C@@H]3CC[C@H]2[C@H]2CNC[C@H]23)c1.Cl.Cl. The van der Waals surface area contributed by atoms with Gasteiger partial charge in [-0.1, -0.05) is 17.7 Å². The second-order valence-corrected chi connectivity index (χ2v) is 7.45. The van der Waals surface area contributed by atoms with E-state index in [0.29, 0.717) is 0 Å². The first-order chi connectivity index (χ1) is 11.3. The van der Waals surface area contributed by atoms with Gasteiger partial charge in [-0.05, 0) is 62.4 Å². The Bertz CT molecular complexity index is 700. The lowest BCUT2D eigenvalue weighted by atomic mass is 9.82. The van der Waals surface area contributed by atoms with E-state index < -0.39 is 0 Å². The molecule has 1 aromatic heterocycles. The summed E-state index contributed by atoms with van der Waals surface area (Å²) in [4.78, 5) is 2.80. The second-order valence-electron chi connectivity index (χ2n) is 7.45. The molecular weight excluding hydrogens is 355 g/mol. The first kappa shape index (κ1) is 18.7. The van der Waals surface area contributed by atoms with E-state index in [9.17, 15) is 0 Å². The first-order valence-electron chi connectivity index (χ1n) is 8.87. The summed E-state index contributed by atoms with van der Waals surface area (Å²) in [5, 5.41) is 8.06. The van der Waals surface area contributed by atoms with Crippen molar-refractivity contribution in [2.24, 2.45) is 11.8 Å². The quantitative estimate of drug-likeness (QED) is 0.887. The molecule has 3 aliphatic rings. The number of aryl methyl sites for hydroxylation is 1. The van der Waals surface area contributed by atoms with Gasteiger partial charge in [0.1, 0.15) is 0 Å². The lowest BCUT2D eigenvalue weighted by Crippen LogP contribution is -2.34. The number of fused-ring (bicyclic) bond motifs is 5. The van der Waals surface area contributed by atoms with Crippen LogP contribution in [0.5, 0.6) is 0 Å². The average molecular weight is 381 g/mol. The molecule has 0 aliphatic carbocycles. The number of nitrogens with one attached hydrogen (secondary N) is 1. The molecule has 3 aliphatic heterocycles. The molecule has 3 saturated heterocycles. The summed E-state index contributed by atoms with van der Waals surface area (Å²) in [5.41, 5.74) is 3.98. The molecule has 1 aromatic carbocycles. The first-order valence-corrected chi connectivity index (χ1v) is 8.87. The van der Waals surface area contributed by atoms with Gasteiger partial charge in [0.05, 0.1) is 5.69 Å². The summed E-state index contributed by atoms with van der Waals surface area (Å²) in [6.07, 6.45) is 6.68. The van der Waals surface area contributed by atoms with Crippen molar-refractivity contribution in [1.82, 2.24) is 20.0 Å². The highest BCUT2D eigenvalue weighted by Crippen LogP contribution is 2.48. The van der Waals surface area contributed by atoms with Gasteiger partial charge in [-0.3, -0.25) is 4.90 Å². The Morgan fingerprint density at radius 2 is 1.84 bits per heavy atom. The topological polar surface area (TPSA) is 33.1 Å². The van der Waals surface area contributed by atoms with E-state index in [1.807, 2.05) is 23.1 Å². The van der Waals surface area contributed by atoms with Gasteiger partial charge in [0.2, 0.25) is 0 Å². The van der Waals surface area contributed by atoms with Crippen molar-refractivity contribution in [3.05, 3.63) is 47.8 Å². The number of benzene rings is 1. The lowest BCUT2D eigenvalue weighted by Gasteiger charge is -2.25. The number of halogens is 2. The summed E-state index contributed by atoms with van der Waals surface area (Å²) in [6, 6.07) is 10.3. The minimum absolute atomic E-state index is 0. The molecule has 2 bridgehead atoms. The molecular formula is C19H26Cl2N4. The summed E-state index contributed by atoms with van der Waals surface area (Å²) in [5.74, 6) is 1.76. The van der Waals surface area contributed by atoms with Crippen molar-refractivity contribution in [3.63, 3.8) is 0 Å². The van der Waals surface area contributed by atoms with Gasteiger partial charge in [0.25, 0.3) is 0 Å². The molecule has 0 spiro atoms. The molecule has 4 atom stereocenters. The molecule has 2 aromatic rings. The van der Waals surface area contributed by atoms with Gasteiger partial charge in [-0.15, -0.1) is 24.8 Å². The molecule has 0 unspecified atom stereocenters. The Kier molecular flexibility index (Phi) is 5.45. The number of aromatic nitrogens is 2. The number of rotatable bonds is 3. The second kappa shape index (κ2) is 7.28. The predicted octanol–water partition coefficient (Wildman–Crippen LogP) is 3.21. The van der Waals surface area contributed by atoms with E-state index >= 15 is 0 Å². The Morgan fingerprint density at radius 3 is 2.48 bits per heavy atom. The summed E-state index contributed by atoms with van der Waals surface area (Å²) >= 11 is 0. The minimum atomic E-state index is 0. The Hall–Kier alpha value is -1.07. The van der Waals surface area contributed by atoms with Gasteiger partial charge >= 0.3 is 0 Å². The summed E-state index contributed by atoms with van der Waals surface area (Å²) in [6.45, 7) is 5.71. The summed E-state index contributed by atoms with van der Waals surface area (Å²) < 4.78 is 2.01. The van der Waals surface area contributed by atoms with Crippen molar-refractivity contribution in [1.29, 1.82) is 0 Å². The molecule has 25 heavy (non-hydrogen) atoms. The zero-order chi connectivity index (χ0) is 15.4. The van der Waals surface area contributed by atoms with Crippen LogP contribution in [0, 0.1) is 18.8 Å². The fourth-order valence-electron chi connectivity index (χ4n) is 5.31. The van der Waals surface area contributed by atoms with Gasteiger partial charge in [-0.2, -0.15) is 5.10 Å². The van der Waals surface area contributed by atoms with Crippen LogP contribution in [-0.4, -0.2) is 39.9 Å². The third-order valence-corrected chi connectivity index (χ3v) is 6.25. The molecule has 6 heteroatoms. The number of nitrogens with zero attached hydrogens (tertiary/aromatic N) is 3. The molecule has 0 saturated carbocycles. The molecule has 1 N–H and O–H groups in total. The predicted molar refractivity (Wildman–Crippen MR) is 105 cm³/mol. The smallest absolute Gasteiger partial charge is 0.0690 e. The van der Waals surface area contributed by atoms with Crippen molar-refractivity contribution >= 4 is 24.8 Å². The maximum Gasteiger partial charge on any atom is 0.0690 e. The Morgan fingerprint density at radius 1 is 1.12 bits per heavy atom. The van der Waals surface area contributed by atoms with Crippen LogP contribution in [0.3, 0.4) is 0 Å². The van der Waals surface area contributed by atoms with Crippen molar-refractivity contribution in [2.45, 2.75) is 38.4 Å². The fourth-order valence-corrected chi connectivity index (χ4v) is 5.31. The molecule has 3 fully saturated rings. The van der Waals surface area contributed by atoms with Crippen LogP contribution in [0.15, 0.2) is 36.7 Å². The van der Waals surface area contributed by atoms with Crippen LogP contribution < -0.4 is 5.32 Å². The van der Waals surface area contributed by atoms with Crippen LogP contribution >= 0.6 is 24.8 Å². The highest BCUT2D eigenvalue weighted by molar-refractivity contribution is 5.85.